The van der Waals surface area contributed by atoms with E-state index in [1.807, 2.05) is 0 Å². The Morgan fingerprint density at radius 1 is 1.04 bits per heavy atom. The van der Waals surface area contributed by atoms with Crippen molar-refractivity contribution < 1.29 is 4.74 Å². The molecule has 0 bridgehead atoms. The van der Waals surface area contributed by atoms with Gasteiger partial charge in [0.1, 0.15) is 6.23 Å². The van der Waals surface area contributed by atoms with Crippen LogP contribution in [-0.4, -0.2) is 22.6 Å². The van der Waals surface area contributed by atoms with Gasteiger partial charge < -0.3 is 9.30 Å². The molecule has 2 heterocycles. The molecule has 0 spiro atoms. The molecule has 3 aromatic rings. The van der Waals surface area contributed by atoms with E-state index in [4.69, 9.17) is 4.74 Å². The lowest BCUT2D eigenvalue weighted by Gasteiger charge is -2.22. The molecule has 0 radical (unpaired) electrons. The average molecular weight is 332 g/mol. The summed E-state index contributed by atoms with van der Waals surface area (Å²) in [6.45, 7) is 6.96. The summed E-state index contributed by atoms with van der Waals surface area (Å²) in [5.41, 5.74) is 6.35. The molecule has 0 unspecified atom stereocenters. The maximum absolute atomic E-state index is 6.05. The van der Waals surface area contributed by atoms with Gasteiger partial charge in [0.25, 0.3) is 0 Å². The summed E-state index contributed by atoms with van der Waals surface area (Å²) in [6, 6.07) is 19.4. The highest BCUT2D eigenvalue weighted by Gasteiger charge is 2.27. The summed E-state index contributed by atoms with van der Waals surface area (Å²) in [7, 11) is 0. The Morgan fingerprint density at radius 3 is 2.76 bits per heavy atom. The Hall–Kier alpha value is -2.36. The fourth-order valence-corrected chi connectivity index (χ4v) is 3.58. The molecule has 0 N–H and O–H groups in total. The van der Waals surface area contributed by atoms with Crippen LogP contribution in [0.1, 0.15) is 28.5 Å². The lowest BCUT2D eigenvalue weighted by Crippen LogP contribution is -2.23. The lowest BCUT2D eigenvalue weighted by atomic mass is 10.1. The molecule has 0 saturated carbocycles. The Morgan fingerprint density at radius 2 is 1.92 bits per heavy atom. The second-order valence-corrected chi connectivity index (χ2v) is 6.82. The number of ether oxygens (including phenoxy) is 1. The first-order valence-corrected chi connectivity index (χ1v) is 8.86. The van der Waals surface area contributed by atoms with Gasteiger partial charge in [-0.15, -0.1) is 0 Å². The fraction of sp³-hybridized carbons (Fsp3) is 0.273. The lowest BCUT2D eigenvalue weighted by molar-refractivity contribution is 0.0288. The van der Waals surface area contributed by atoms with Gasteiger partial charge in [0.05, 0.1) is 6.61 Å². The van der Waals surface area contributed by atoms with Crippen LogP contribution in [0.25, 0.3) is 5.69 Å². The van der Waals surface area contributed by atoms with E-state index < -0.39 is 0 Å². The number of para-hydroxylation sites is 1. The Balaban J connectivity index is 1.56. The number of benzene rings is 2. The minimum Gasteiger partial charge on any atom is -0.357 e. The van der Waals surface area contributed by atoms with Crippen molar-refractivity contribution in [3.05, 3.63) is 89.2 Å². The van der Waals surface area contributed by atoms with Crippen molar-refractivity contribution in [2.45, 2.75) is 26.6 Å². The van der Waals surface area contributed by atoms with Gasteiger partial charge in [-0.25, -0.2) is 0 Å². The smallest absolute Gasteiger partial charge is 0.138 e. The monoisotopic (exact) mass is 332 g/mol. The summed E-state index contributed by atoms with van der Waals surface area (Å²) in [5.74, 6) is 0. The molecule has 0 aliphatic carbocycles. The molecule has 25 heavy (non-hydrogen) atoms. The van der Waals surface area contributed by atoms with Crippen LogP contribution in [-0.2, 0) is 11.3 Å². The van der Waals surface area contributed by atoms with Gasteiger partial charge in [-0.2, -0.15) is 0 Å². The molecule has 1 aliphatic rings. The van der Waals surface area contributed by atoms with Gasteiger partial charge in [-0.3, -0.25) is 4.90 Å². The van der Waals surface area contributed by atoms with Crippen molar-refractivity contribution in [2.24, 2.45) is 0 Å². The number of aromatic nitrogens is 1. The number of hydrogen-bond acceptors (Lipinski definition) is 2. The highest BCUT2D eigenvalue weighted by molar-refractivity contribution is 5.41. The minimum atomic E-state index is 0.0331. The molecule has 3 heteroatoms. The Kier molecular flexibility index (Phi) is 4.43. The van der Waals surface area contributed by atoms with E-state index in [0.29, 0.717) is 0 Å². The van der Waals surface area contributed by atoms with Crippen molar-refractivity contribution in [3.8, 4) is 5.69 Å². The molecule has 128 valence electrons. The maximum atomic E-state index is 6.05. The van der Waals surface area contributed by atoms with Crippen molar-refractivity contribution in [1.82, 2.24) is 9.47 Å². The summed E-state index contributed by atoms with van der Waals surface area (Å²) in [4.78, 5) is 2.41. The van der Waals surface area contributed by atoms with Crippen molar-refractivity contribution in [2.75, 3.05) is 13.2 Å². The highest BCUT2D eigenvalue weighted by atomic mass is 16.5. The minimum absolute atomic E-state index is 0.0331. The number of rotatable bonds is 4. The van der Waals surface area contributed by atoms with Crippen molar-refractivity contribution in [1.29, 1.82) is 0 Å². The molecule has 3 nitrogen and oxygen atoms in total. The van der Waals surface area contributed by atoms with Crippen molar-refractivity contribution >= 4 is 0 Å². The van der Waals surface area contributed by atoms with Gasteiger partial charge in [0.2, 0.25) is 0 Å². The van der Waals surface area contributed by atoms with E-state index in [2.05, 4.69) is 90.3 Å². The van der Waals surface area contributed by atoms with E-state index in [0.717, 1.165) is 19.7 Å². The Labute approximate surface area is 149 Å². The molecule has 1 aliphatic heterocycles. The summed E-state index contributed by atoms with van der Waals surface area (Å²) >= 11 is 0. The molecule has 1 aromatic heterocycles. The molecule has 1 atom stereocenters. The van der Waals surface area contributed by atoms with Crippen LogP contribution in [0, 0.1) is 13.8 Å². The molecule has 1 saturated heterocycles. The summed E-state index contributed by atoms with van der Waals surface area (Å²) < 4.78 is 8.24. The molecule has 0 amide bonds. The number of nitrogens with zero attached hydrogens (tertiary/aromatic N) is 2. The zero-order chi connectivity index (χ0) is 17.2. The zero-order valence-electron chi connectivity index (χ0n) is 14.9. The van der Waals surface area contributed by atoms with Gasteiger partial charge in [-0.05, 0) is 37.1 Å². The van der Waals surface area contributed by atoms with Crippen LogP contribution >= 0.6 is 0 Å². The first-order valence-electron chi connectivity index (χ1n) is 8.86. The quantitative estimate of drug-likeness (QED) is 0.693. The summed E-state index contributed by atoms with van der Waals surface area (Å²) in [5, 5.41) is 0. The average Bonchev–Trinajstić information content (AvgIpc) is 3.24. The number of aryl methyl sites for hydroxylation is 2. The molecular weight excluding hydrogens is 308 g/mol. The van der Waals surface area contributed by atoms with E-state index >= 15 is 0 Å². The SMILES string of the molecule is Cc1cccc(CN2CCO[C@H]2c2ccn(-c3ccccc3C)c2)c1. The number of hydrogen-bond donors (Lipinski definition) is 0. The van der Waals surface area contributed by atoms with Crippen LogP contribution in [0.4, 0.5) is 0 Å². The normalized spacial score (nSPS) is 17.9. The van der Waals surface area contributed by atoms with Crippen LogP contribution in [0.5, 0.6) is 0 Å². The second kappa shape index (κ2) is 6.87. The third kappa shape index (κ3) is 3.39. The first-order chi connectivity index (χ1) is 12.2. The van der Waals surface area contributed by atoms with Gasteiger partial charge in [0, 0.05) is 36.7 Å². The topological polar surface area (TPSA) is 17.4 Å². The van der Waals surface area contributed by atoms with Gasteiger partial charge >= 0.3 is 0 Å². The predicted molar refractivity (Wildman–Crippen MR) is 101 cm³/mol. The van der Waals surface area contributed by atoms with E-state index in [-0.39, 0.29) is 6.23 Å². The zero-order valence-corrected chi connectivity index (χ0v) is 14.9. The van der Waals surface area contributed by atoms with E-state index in [1.54, 1.807) is 0 Å². The maximum Gasteiger partial charge on any atom is 0.138 e. The van der Waals surface area contributed by atoms with Crippen LogP contribution < -0.4 is 0 Å². The van der Waals surface area contributed by atoms with E-state index in [1.165, 1.54) is 27.9 Å². The van der Waals surface area contributed by atoms with Crippen LogP contribution in [0.2, 0.25) is 0 Å². The Bertz CT molecular complexity index is 868. The largest absolute Gasteiger partial charge is 0.357 e. The van der Waals surface area contributed by atoms with Gasteiger partial charge in [0.15, 0.2) is 0 Å². The fourth-order valence-electron chi connectivity index (χ4n) is 3.58. The molecule has 2 aromatic carbocycles. The third-order valence-corrected chi connectivity index (χ3v) is 4.85. The molecule has 1 fully saturated rings. The van der Waals surface area contributed by atoms with E-state index in [9.17, 15) is 0 Å². The highest BCUT2D eigenvalue weighted by Crippen LogP contribution is 2.30. The second-order valence-electron chi connectivity index (χ2n) is 6.82. The predicted octanol–water partition coefficient (Wildman–Crippen LogP) is 4.63. The van der Waals surface area contributed by atoms with Crippen LogP contribution in [0.15, 0.2) is 67.0 Å². The summed E-state index contributed by atoms with van der Waals surface area (Å²) in [6.07, 6.45) is 4.36. The van der Waals surface area contributed by atoms with Crippen molar-refractivity contribution in [3.63, 3.8) is 0 Å². The molecule has 4 rings (SSSR count). The van der Waals surface area contributed by atoms with Crippen LogP contribution in [0.3, 0.4) is 0 Å². The first kappa shape index (κ1) is 16.1. The molecular formula is C22H24N2O. The standard InChI is InChI=1S/C22H24N2O/c1-17-6-5-8-19(14-17)15-24-12-13-25-22(24)20-10-11-23(16-20)21-9-4-3-7-18(21)2/h3-11,14,16,22H,12-13,15H2,1-2H3/t22-/m0/s1. The van der Waals surface area contributed by atoms with Gasteiger partial charge in [-0.1, -0.05) is 48.0 Å². The third-order valence-electron chi connectivity index (χ3n) is 4.85.